The van der Waals surface area contributed by atoms with Crippen LogP contribution in [0.2, 0.25) is 0 Å². The van der Waals surface area contributed by atoms with Crippen LogP contribution in [0.1, 0.15) is 58.4 Å². The van der Waals surface area contributed by atoms with Gasteiger partial charge in [0.05, 0.1) is 28.7 Å². The van der Waals surface area contributed by atoms with Crippen LogP contribution in [0, 0.1) is 0 Å². The van der Waals surface area contributed by atoms with E-state index in [1.54, 1.807) is 42.9 Å². The van der Waals surface area contributed by atoms with E-state index in [4.69, 9.17) is 0 Å². The van der Waals surface area contributed by atoms with E-state index in [0.717, 1.165) is 17.3 Å². The lowest BCUT2D eigenvalue weighted by atomic mass is 10.1. The number of aromatic amines is 1. The van der Waals surface area contributed by atoms with Crippen LogP contribution in [-0.2, 0) is 32.8 Å². The Morgan fingerprint density at radius 3 is 2.45 bits per heavy atom. The molecule has 1 atom stereocenters. The number of pyridine rings is 1. The van der Waals surface area contributed by atoms with Gasteiger partial charge in [0.25, 0.3) is 21.9 Å². The van der Waals surface area contributed by atoms with Gasteiger partial charge in [-0.25, -0.2) is 14.8 Å². The minimum Gasteiger partial charge on any atom is -0.480 e. The molecule has 19 nitrogen and oxygen atoms in total. The van der Waals surface area contributed by atoms with E-state index in [-0.39, 0.29) is 47.3 Å². The first kappa shape index (κ1) is 40.6. The van der Waals surface area contributed by atoms with E-state index in [1.807, 2.05) is 4.68 Å². The second-order valence-electron chi connectivity index (χ2n) is 12.5. The maximum Gasteiger partial charge on any atom is 0.328 e. The number of hydrogen-bond acceptors (Lipinski definition) is 12. The van der Waals surface area contributed by atoms with E-state index in [0.29, 0.717) is 50.4 Å². The molecule has 5 rings (SSSR count). The highest BCUT2D eigenvalue weighted by Crippen LogP contribution is 2.18. The number of aliphatic carboxylic acids is 1. The molecule has 2 aromatic carbocycles. The number of azo groups is 1. The molecule has 3 heterocycles. The Kier molecular flexibility index (Phi) is 14.3. The monoisotopic (exact) mass is 787 g/mol. The van der Waals surface area contributed by atoms with Gasteiger partial charge in [-0.2, -0.15) is 18.6 Å². The molecule has 0 aliphatic rings. The molecule has 0 saturated carbocycles. The zero-order chi connectivity index (χ0) is 39.9. The number of anilines is 1. The van der Waals surface area contributed by atoms with Gasteiger partial charge in [-0.05, 0) is 61.2 Å². The van der Waals surface area contributed by atoms with Crippen LogP contribution >= 0.6 is 0 Å². The summed E-state index contributed by atoms with van der Waals surface area (Å²) in [6, 6.07) is 12.6. The molecule has 0 aliphatic heterocycles. The molecule has 56 heavy (non-hydrogen) atoms. The number of H-pyrrole nitrogens is 1. The fourth-order valence-corrected chi connectivity index (χ4v) is 6.22. The smallest absolute Gasteiger partial charge is 0.328 e. The first-order valence-corrected chi connectivity index (χ1v) is 19.1. The van der Waals surface area contributed by atoms with Crippen molar-refractivity contribution in [2.45, 2.75) is 56.1 Å². The number of benzene rings is 2. The van der Waals surface area contributed by atoms with Crippen LogP contribution in [0.5, 0.6) is 0 Å². The number of rotatable bonds is 21. The molecule has 3 aromatic heterocycles. The Balaban J connectivity index is 0.964. The van der Waals surface area contributed by atoms with Crippen molar-refractivity contribution in [2.24, 2.45) is 10.2 Å². The third-order valence-electron chi connectivity index (χ3n) is 8.38. The fourth-order valence-electron chi connectivity index (χ4n) is 5.51. The molecule has 3 amide bonds. The molecule has 0 saturated heterocycles. The van der Waals surface area contributed by atoms with Gasteiger partial charge in [0.1, 0.15) is 6.04 Å². The number of aromatic nitrogens is 5. The molecule has 20 heteroatoms. The summed E-state index contributed by atoms with van der Waals surface area (Å²) in [6.07, 6.45) is 8.84. The third kappa shape index (κ3) is 12.0. The third-order valence-corrected chi connectivity index (χ3v) is 9.34. The minimum atomic E-state index is -4.40. The van der Waals surface area contributed by atoms with E-state index < -0.39 is 33.9 Å². The number of carbonyl (C=O) groups is 4. The number of fused-ring (bicyclic) bond motifs is 1. The maximum atomic E-state index is 12.9. The number of nitrogens with one attached hydrogen (secondary N) is 5. The van der Waals surface area contributed by atoms with E-state index in [9.17, 15) is 37.3 Å². The van der Waals surface area contributed by atoms with Crippen molar-refractivity contribution in [1.82, 2.24) is 40.7 Å². The molecule has 294 valence electrons. The van der Waals surface area contributed by atoms with Gasteiger partial charge in [-0.15, -0.1) is 5.11 Å². The van der Waals surface area contributed by atoms with E-state index in [2.05, 4.69) is 51.5 Å². The molecule has 5 aromatic rings. The summed E-state index contributed by atoms with van der Waals surface area (Å²) in [6.45, 7) is 1.25. The average Bonchev–Trinajstić information content (AvgIpc) is 3.86. The van der Waals surface area contributed by atoms with Gasteiger partial charge in [-0.1, -0.05) is 24.6 Å². The molecule has 0 aliphatic carbocycles. The first-order chi connectivity index (χ1) is 27.0. The highest BCUT2D eigenvalue weighted by atomic mass is 32.2. The zero-order valence-corrected chi connectivity index (χ0v) is 30.9. The lowest BCUT2D eigenvalue weighted by Gasteiger charge is -2.15. The summed E-state index contributed by atoms with van der Waals surface area (Å²) in [4.78, 5) is 60.6. The number of carbonyl (C=O) groups excluding carboxylic acids is 3. The van der Waals surface area contributed by atoms with Gasteiger partial charge in [0, 0.05) is 62.1 Å². The quantitative estimate of drug-likeness (QED) is 0.0320. The van der Waals surface area contributed by atoms with Crippen molar-refractivity contribution in [2.75, 3.05) is 25.0 Å². The molecule has 0 bridgehead atoms. The molecular formula is C36H41N11O8S. The first-order valence-electron chi connectivity index (χ1n) is 17.6. The van der Waals surface area contributed by atoms with Crippen molar-refractivity contribution in [3.63, 3.8) is 0 Å². The van der Waals surface area contributed by atoms with Crippen LogP contribution in [0.4, 0.5) is 11.8 Å². The fraction of sp³-hybridized carbons (Fsp3) is 0.306. The second kappa shape index (κ2) is 19.7. The number of amides is 3. The van der Waals surface area contributed by atoms with Gasteiger partial charge in [-0.3, -0.25) is 23.6 Å². The molecule has 0 unspecified atom stereocenters. The maximum absolute atomic E-state index is 12.9. The van der Waals surface area contributed by atoms with Crippen LogP contribution in [-0.4, -0.2) is 92.2 Å². The summed E-state index contributed by atoms with van der Waals surface area (Å²) >= 11 is 0. The SMILES string of the molecule is O=C(CCCCCNC(=O)c1ccc(N=NCc2ccccc2S(=O)(=O)O)nc1)N[C@@H](CNC(=O)c1ccc2c(cnn2CCCNc2ncc[nH]2)c1)C(=O)O. The largest absolute Gasteiger partial charge is 0.480 e. The molecule has 0 spiro atoms. The van der Waals surface area contributed by atoms with Crippen molar-refractivity contribution in [3.8, 4) is 0 Å². The summed E-state index contributed by atoms with van der Waals surface area (Å²) in [5.41, 5.74) is 1.73. The Labute approximate surface area is 321 Å². The summed E-state index contributed by atoms with van der Waals surface area (Å²) < 4.78 is 34.2. The second-order valence-corrected chi connectivity index (χ2v) is 13.9. The number of aryl methyl sites for hydroxylation is 1. The molecule has 0 fully saturated rings. The number of carboxylic acids is 1. The summed E-state index contributed by atoms with van der Waals surface area (Å²) in [5.74, 6) is -1.73. The molecule has 7 N–H and O–H groups in total. The standard InChI is InChI=1S/C36H41N11O8S/c48-32(9-2-1-5-14-37-34(50)26-11-13-31(41-20-26)46-43-21-25-7-3-4-8-30(25)56(53,54)55)45-28(35(51)52)23-42-33(49)24-10-12-29-27(19-24)22-44-47(29)18-6-15-38-36-39-16-17-40-36/h3-4,7-8,10-13,16-17,19-20,22,28H,1-2,5-6,9,14-15,18,21,23H2,(H,37,50)(H,42,49)(H,45,48)(H,51,52)(H2,38,39,40)(H,53,54,55)/t28-/m0/s1. The van der Waals surface area contributed by atoms with Gasteiger partial charge < -0.3 is 31.4 Å². The lowest BCUT2D eigenvalue weighted by molar-refractivity contribution is -0.141. The highest BCUT2D eigenvalue weighted by molar-refractivity contribution is 7.85. The predicted octanol–water partition coefficient (Wildman–Crippen LogP) is 3.48. The normalized spacial score (nSPS) is 12.0. The summed E-state index contributed by atoms with van der Waals surface area (Å²) in [5, 5.41) is 33.7. The highest BCUT2D eigenvalue weighted by Gasteiger charge is 2.21. The predicted molar refractivity (Wildman–Crippen MR) is 203 cm³/mol. The Morgan fingerprint density at radius 2 is 1.70 bits per heavy atom. The van der Waals surface area contributed by atoms with Gasteiger partial charge >= 0.3 is 5.97 Å². The zero-order valence-electron chi connectivity index (χ0n) is 30.1. The van der Waals surface area contributed by atoms with Gasteiger partial charge in [0.2, 0.25) is 5.91 Å². The van der Waals surface area contributed by atoms with Gasteiger partial charge in [0.15, 0.2) is 11.8 Å². The molecule has 0 radical (unpaired) electrons. The Bertz CT molecular complexity index is 2260. The van der Waals surface area contributed by atoms with Crippen molar-refractivity contribution >= 4 is 56.5 Å². The minimum absolute atomic E-state index is 0.0621. The Morgan fingerprint density at radius 1 is 0.893 bits per heavy atom. The van der Waals surface area contributed by atoms with Crippen molar-refractivity contribution in [3.05, 3.63) is 96.1 Å². The Hall–Kier alpha value is -6.54. The van der Waals surface area contributed by atoms with E-state index >= 15 is 0 Å². The topological polar surface area (TPSA) is 275 Å². The number of unbranched alkanes of at least 4 members (excludes halogenated alkanes) is 2. The van der Waals surface area contributed by atoms with Crippen LogP contribution in [0.25, 0.3) is 10.9 Å². The molecular weight excluding hydrogens is 747 g/mol. The lowest BCUT2D eigenvalue weighted by Crippen LogP contribution is -2.48. The van der Waals surface area contributed by atoms with Crippen molar-refractivity contribution in [1.29, 1.82) is 0 Å². The van der Waals surface area contributed by atoms with Crippen LogP contribution in [0.3, 0.4) is 0 Å². The number of imidazole rings is 1. The van der Waals surface area contributed by atoms with Crippen LogP contribution < -0.4 is 21.3 Å². The number of nitrogens with zero attached hydrogens (tertiary/aromatic N) is 6. The van der Waals surface area contributed by atoms with Crippen LogP contribution in [0.15, 0.2) is 94.5 Å². The number of carboxylic acid groups (broad SMARTS) is 1. The summed E-state index contributed by atoms with van der Waals surface area (Å²) in [7, 11) is -4.40. The van der Waals surface area contributed by atoms with Crippen molar-refractivity contribution < 1.29 is 37.3 Å². The van der Waals surface area contributed by atoms with E-state index in [1.165, 1.54) is 36.5 Å². The number of hydrogen-bond donors (Lipinski definition) is 7. The average molecular weight is 788 g/mol.